The van der Waals surface area contributed by atoms with Crippen LogP contribution in [0.5, 0.6) is 5.88 Å². The van der Waals surface area contributed by atoms with Crippen LogP contribution in [-0.2, 0) is 4.74 Å². The van der Waals surface area contributed by atoms with E-state index in [1.54, 1.807) is 12.1 Å². The van der Waals surface area contributed by atoms with Crippen LogP contribution in [0.4, 0.5) is 0 Å². The van der Waals surface area contributed by atoms with E-state index in [-0.39, 0.29) is 11.7 Å². The van der Waals surface area contributed by atoms with Crippen molar-refractivity contribution in [2.75, 3.05) is 13.2 Å². The Morgan fingerprint density at radius 1 is 1.36 bits per heavy atom. The molecular weight excluding hydrogens is 322 g/mol. The molecule has 1 aromatic heterocycles. The van der Waals surface area contributed by atoms with E-state index >= 15 is 0 Å². The van der Waals surface area contributed by atoms with Crippen molar-refractivity contribution >= 4 is 6.21 Å². The highest BCUT2D eigenvalue weighted by molar-refractivity contribution is 5.82. The highest BCUT2D eigenvalue weighted by Gasteiger charge is 2.16. The Hall–Kier alpha value is -2.67. The molecule has 7 nitrogen and oxygen atoms in total. The molecule has 1 atom stereocenters. The van der Waals surface area contributed by atoms with E-state index in [9.17, 15) is 14.7 Å². The van der Waals surface area contributed by atoms with Crippen LogP contribution in [0.2, 0.25) is 0 Å². The predicted octanol–water partition coefficient (Wildman–Crippen LogP) is 1.45. The molecule has 0 bridgehead atoms. The third-order valence-electron chi connectivity index (χ3n) is 4.42. The van der Waals surface area contributed by atoms with Gasteiger partial charge in [0.25, 0.3) is 5.56 Å². The fraction of sp³-hybridized carbons (Fsp3) is 0.389. The molecule has 1 fully saturated rings. The minimum Gasteiger partial charge on any atom is -0.493 e. The molecule has 1 aliphatic heterocycles. The molecule has 0 amide bonds. The number of hydrogen-bond donors (Lipinski definition) is 2. The molecule has 1 aliphatic rings. The maximum atomic E-state index is 12.2. The molecule has 0 radical (unpaired) electrons. The highest BCUT2D eigenvalue weighted by Crippen LogP contribution is 2.18. The van der Waals surface area contributed by atoms with Crippen LogP contribution in [0.3, 0.4) is 0 Å². The van der Waals surface area contributed by atoms with Crippen LogP contribution in [-0.4, -0.2) is 40.1 Å². The van der Waals surface area contributed by atoms with Gasteiger partial charge in [-0.3, -0.25) is 14.8 Å². The van der Waals surface area contributed by atoms with Gasteiger partial charge in [-0.25, -0.2) is 9.36 Å². The van der Waals surface area contributed by atoms with Crippen molar-refractivity contribution in [3.05, 3.63) is 55.7 Å². The molecule has 0 saturated carbocycles. The van der Waals surface area contributed by atoms with Gasteiger partial charge in [0.1, 0.15) is 5.56 Å². The smallest absolute Gasteiger partial charge is 0.335 e. The third kappa shape index (κ3) is 3.56. The second-order valence-electron chi connectivity index (χ2n) is 6.23. The van der Waals surface area contributed by atoms with Gasteiger partial charge in [0.05, 0.1) is 18.3 Å². The maximum absolute atomic E-state index is 12.2. The molecule has 2 heterocycles. The number of benzene rings is 1. The Labute approximate surface area is 144 Å². The van der Waals surface area contributed by atoms with Gasteiger partial charge in [-0.1, -0.05) is 6.07 Å². The number of aromatic nitrogens is 2. The molecule has 2 N–H and O–H groups in total. The fourth-order valence-electron chi connectivity index (χ4n) is 2.81. The zero-order valence-electron chi connectivity index (χ0n) is 14.3. The van der Waals surface area contributed by atoms with Crippen molar-refractivity contribution in [1.29, 1.82) is 0 Å². The van der Waals surface area contributed by atoms with Crippen LogP contribution in [0.1, 0.15) is 29.5 Å². The van der Waals surface area contributed by atoms with Gasteiger partial charge >= 0.3 is 5.69 Å². The summed E-state index contributed by atoms with van der Waals surface area (Å²) in [4.78, 5) is 30.6. The number of aromatic hydroxyl groups is 1. The minimum atomic E-state index is -0.693. The average molecular weight is 343 g/mol. The van der Waals surface area contributed by atoms with Crippen molar-refractivity contribution < 1.29 is 9.84 Å². The summed E-state index contributed by atoms with van der Waals surface area (Å²) >= 11 is 0. The third-order valence-corrected chi connectivity index (χ3v) is 4.42. The maximum Gasteiger partial charge on any atom is 0.335 e. The summed E-state index contributed by atoms with van der Waals surface area (Å²) in [5, 5.41) is 10.5. The summed E-state index contributed by atoms with van der Waals surface area (Å²) in [6.07, 6.45) is 3.28. The Bertz CT molecular complexity index is 921. The summed E-state index contributed by atoms with van der Waals surface area (Å²) in [6, 6.07) is 5.35. The quantitative estimate of drug-likeness (QED) is 0.821. The zero-order valence-corrected chi connectivity index (χ0v) is 14.3. The highest BCUT2D eigenvalue weighted by atomic mass is 16.5. The number of rotatable bonds is 4. The molecule has 7 heteroatoms. The lowest BCUT2D eigenvalue weighted by atomic mass is 10.1. The topological polar surface area (TPSA) is 96.7 Å². The number of nitrogens with zero attached hydrogens (tertiary/aromatic N) is 2. The molecule has 1 saturated heterocycles. The van der Waals surface area contributed by atoms with Crippen molar-refractivity contribution in [2.45, 2.75) is 32.8 Å². The number of aliphatic imine (C=N–C) groups is 1. The molecule has 25 heavy (non-hydrogen) atoms. The van der Waals surface area contributed by atoms with Crippen LogP contribution in [0.25, 0.3) is 5.69 Å². The van der Waals surface area contributed by atoms with Crippen molar-refractivity contribution in [3.8, 4) is 11.6 Å². The molecule has 1 aromatic carbocycles. The Kier molecular flexibility index (Phi) is 4.85. The molecular formula is C18H21N3O4. The van der Waals surface area contributed by atoms with Gasteiger partial charge in [0.2, 0.25) is 5.88 Å². The predicted molar refractivity (Wildman–Crippen MR) is 95.2 cm³/mol. The zero-order chi connectivity index (χ0) is 18.0. The van der Waals surface area contributed by atoms with Crippen LogP contribution in [0, 0.1) is 13.8 Å². The number of nitrogens with one attached hydrogen (secondary N) is 1. The summed E-state index contributed by atoms with van der Waals surface area (Å²) in [6.45, 7) is 5.01. The summed E-state index contributed by atoms with van der Waals surface area (Å²) in [7, 11) is 0. The second kappa shape index (κ2) is 7.06. The Morgan fingerprint density at radius 2 is 2.16 bits per heavy atom. The molecule has 1 unspecified atom stereocenters. The number of ether oxygens (including phenoxy) is 1. The van der Waals surface area contributed by atoms with E-state index in [1.165, 1.54) is 6.21 Å². The van der Waals surface area contributed by atoms with Crippen LogP contribution >= 0.6 is 0 Å². The number of aromatic amines is 1. The first-order chi connectivity index (χ1) is 12.0. The SMILES string of the molecule is Cc1ccc(-n2c(O)c(C=NCC3CCCO3)c(=O)[nH]c2=O)cc1C. The number of H-pyrrole nitrogens is 1. The number of hydrogen-bond acceptors (Lipinski definition) is 5. The lowest BCUT2D eigenvalue weighted by Gasteiger charge is -2.11. The van der Waals surface area contributed by atoms with Gasteiger partial charge in [-0.15, -0.1) is 0 Å². The first kappa shape index (κ1) is 17.2. The van der Waals surface area contributed by atoms with E-state index < -0.39 is 17.1 Å². The molecule has 3 rings (SSSR count). The van der Waals surface area contributed by atoms with Gasteiger partial charge in [-0.05, 0) is 49.9 Å². The van der Waals surface area contributed by atoms with Crippen LogP contribution < -0.4 is 11.2 Å². The molecule has 0 aliphatic carbocycles. The molecule has 0 spiro atoms. The summed E-state index contributed by atoms with van der Waals surface area (Å²) in [5.41, 5.74) is 1.12. The van der Waals surface area contributed by atoms with Gasteiger partial charge < -0.3 is 9.84 Å². The summed E-state index contributed by atoms with van der Waals surface area (Å²) < 4.78 is 6.54. The largest absolute Gasteiger partial charge is 0.493 e. The Morgan fingerprint density at radius 3 is 2.84 bits per heavy atom. The van der Waals surface area contributed by atoms with Crippen molar-refractivity contribution in [1.82, 2.24) is 9.55 Å². The van der Waals surface area contributed by atoms with Gasteiger partial charge in [0.15, 0.2) is 0 Å². The number of aryl methyl sites for hydroxylation is 2. The lowest BCUT2D eigenvalue weighted by Crippen LogP contribution is -2.31. The van der Waals surface area contributed by atoms with Crippen molar-refractivity contribution in [2.24, 2.45) is 4.99 Å². The molecule has 132 valence electrons. The van der Waals surface area contributed by atoms with Gasteiger partial charge in [-0.2, -0.15) is 0 Å². The average Bonchev–Trinajstić information content (AvgIpc) is 3.07. The standard InChI is InChI=1S/C18H21N3O4/c1-11-5-6-13(8-12(11)2)21-17(23)15(16(22)20-18(21)24)10-19-9-14-4-3-7-25-14/h5-6,8,10,14,23H,3-4,7,9H2,1-2H3,(H,20,22,24). The van der Waals surface area contributed by atoms with Crippen LogP contribution in [0.15, 0.2) is 32.8 Å². The lowest BCUT2D eigenvalue weighted by molar-refractivity contribution is 0.118. The van der Waals surface area contributed by atoms with Crippen molar-refractivity contribution in [3.63, 3.8) is 0 Å². The van der Waals surface area contributed by atoms with E-state index in [0.29, 0.717) is 12.2 Å². The second-order valence-corrected chi connectivity index (χ2v) is 6.23. The summed E-state index contributed by atoms with van der Waals surface area (Å²) in [5.74, 6) is -0.423. The van der Waals surface area contributed by atoms with Gasteiger partial charge in [0, 0.05) is 12.8 Å². The monoisotopic (exact) mass is 343 g/mol. The first-order valence-electron chi connectivity index (χ1n) is 8.24. The van der Waals surface area contributed by atoms with E-state index in [4.69, 9.17) is 4.74 Å². The van der Waals surface area contributed by atoms with E-state index in [2.05, 4.69) is 9.98 Å². The fourth-order valence-corrected chi connectivity index (χ4v) is 2.81. The normalized spacial score (nSPS) is 17.4. The van der Waals surface area contributed by atoms with E-state index in [1.807, 2.05) is 19.9 Å². The molecule has 2 aromatic rings. The Balaban J connectivity index is 1.99. The first-order valence-corrected chi connectivity index (χ1v) is 8.24. The minimum absolute atomic E-state index is 0.0446. The van der Waals surface area contributed by atoms with E-state index in [0.717, 1.165) is 35.1 Å².